The number of ether oxygens (including phenoxy) is 2. The van der Waals surface area contributed by atoms with Gasteiger partial charge in [0.05, 0.1) is 25.4 Å². The van der Waals surface area contributed by atoms with Gasteiger partial charge < -0.3 is 19.7 Å². The lowest BCUT2D eigenvalue weighted by Crippen LogP contribution is -2.45. The Morgan fingerprint density at radius 2 is 2.16 bits per heavy atom. The summed E-state index contributed by atoms with van der Waals surface area (Å²) in [6.45, 7) is 7.98. The molecule has 0 radical (unpaired) electrons. The molecule has 4 nitrogen and oxygen atoms in total. The lowest BCUT2D eigenvalue weighted by molar-refractivity contribution is -0.0230. The first-order valence-corrected chi connectivity index (χ1v) is 7.88. The van der Waals surface area contributed by atoms with Gasteiger partial charge in [-0.1, -0.05) is 19.8 Å². The van der Waals surface area contributed by atoms with Gasteiger partial charge in [0.2, 0.25) is 0 Å². The molecule has 0 aromatic heterocycles. The van der Waals surface area contributed by atoms with Crippen LogP contribution < -0.4 is 5.32 Å². The van der Waals surface area contributed by atoms with Crippen molar-refractivity contribution in [3.8, 4) is 0 Å². The topological polar surface area (TPSA) is 33.7 Å². The first-order valence-electron chi connectivity index (χ1n) is 7.88. The molecule has 1 heterocycles. The van der Waals surface area contributed by atoms with Crippen molar-refractivity contribution in [1.82, 2.24) is 10.2 Å². The molecule has 0 aromatic rings. The van der Waals surface area contributed by atoms with E-state index in [1.165, 1.54) is 25.7 Å². The second kappa shape index (κ2) is 8.20. The van der Waals surface area contributed by atoms with Crippen LogP contribution in [-0.4, -0.2) is 63.5 Å². The van der Waals surface area contributed by atoms with E-state index in [2.05, 4.69) is 24.2 Å². The Balaban J connectivity index is 1.49. The third-order valence-corrected chi connectivity index (χ3v) is 4.36. The average molecular weight is 270 g/mol. The maximum Gasteiger partial charge on any atom is 0.0826 e. The quantitative estimate of drug-likeness (QED) is 0.742. The molecule has 1 N–H and O–H groups in total. The zero-order chi connectivity index (χ0) is 13.5. The van der Waals surface area contributed by atoms with Crippen LogP contribution in [0.15, 0.2) is 0 Å². The van der Waals surface area contributed by atoms with E-state index in [1.807, 2.05) is 0 Å². The van der Waals surface area contributed by atoms with Crippen molar-refractivity contribution in [3.05, 3.63) is 0 Å². The van der Waals surface area contributed by atoms with Crippen LogP contribution >= 0.6 is 0 Å². The van der Waals surface area contributed by atoms with Gasteiger partial charge in [-0.05, 0) is 25.8 Å². The molecule has 3 atom stereocenters. The molecule has 2 aliphatic rings. The van der Waals surface area contributed by atoms with Crippen molar-refractivity contribution in [2.75, 3.05) is 46.4 Å². The summed E-state index contributed by atoms with van der Waals surface area (Å²) in [5.74, 6) is 0.740. The van der Waals surface area contributed by atoms with Crippen LogP contribution in [0, 0.1) is 5.92 Å². The maximum absolute atomic E-state index is 5.99. The molecule has 0 amide bonds. The minimum Gasteiger partial charge on any atom is -0.377 e. The van der Waals surface area contributed by atoms with Crippen molar-refractivity contribution >= 4 is 0 Å². The molecule has 19 heavy (non-hydrogen) atoms. The van der Waals surface area contributed by atoms with Gasteiger partial charge in [-0.2, -0.15) is 0 Å². The summed E-state index contributed by atoms with van der Waals surface area (Å²) in [7, 11) is 2.16. The Morgan fingerprint density at radius 1 is 1.32 bits per heavy atom. The monoisotopic (exact) mass is 270 g/mol. The Labute approximate surface area is 117 Å². The zero-order valence-electron chi connectivity index (χ0n) is 12.6. The highest BCUT2D eigenvalue weighted by molar-refractivity contribution is 4.73. The number of nitrogens with one attached hydrogen (secondary N) is 1. The third kappa shape index (κ3) is 5.38. The number of likely N-dealkylation sites (N-methyl/N-ethyl adjacent to an activating group) is 1. The van der Waals surface area contributed by atoms with E-state index < -0.39 is 0 Å². The fraction of sp³-hybridized carbons (Fsp3) is 1.00. The van der Waals surface area contributed by atoms with E-state index >= 15 is 0 Å². The van der Waals surface area contributed by atoms with E-state index in [0.29, 0.717) is 12.2 Å². The van der Waals surface area contributed by atoms with Crippen LogP contribution in [-0.2, 0) is 9.47 Å². The average Bonchev–Trinajstić information content (AvgIpc) is 2.40. The minimum absolute atomic E-state index is 0.340. The van der Waals surface area contributed by atoms with Gasteiger partial charge >= 0.3 is 0 Å². The van der Waals surface area contributed by atoms with E-state index in [0.717, 1.165) is 45.3 Å². The number of nitrogens with zero attached hydrogens (tertiary/aromatic N) is 1. The van der Waals surface area contributed by atoms with E-state index in [9.17, 15) is 0 Å². The van der Waals surface area contributed by atoms with Crippen LogP contribution in [0.1, 0.15) is 32.6 Å². The van der Waals surface area contributed by atoms with Gasteiger partial charge in [-0.25, -0.2) is 0 Å². The fourth-order valence-corrected chi connectivity index (χ4v) is 3.07. The Kier molecular flexibility index (Phi) is 6.57. The Morgan fingerprint density at radius 3 is 2.95 bits per heavy atom. The molecule has 0 aromatic carbocycles. The summed E-state index contributed by atoms with van der Waals surface area (Å²) >= 11 is 0. The number of rotatable bonds is 6. The summed E-state index contributed by atoms with van der Waals surface area (Å²) < 4.78 is 11.7. The summed E-state index contributed by atoms with van der Waals surface area (Å²) in [6, 6.07) is 0. The molecule has 1 aliphatic carbocycles. The highest BCUT2D eigenvalue weighted by Crippen LogP contribution is 2.25. The van der Waals surface area contributed by atoms with Crippen molar-refractivity contribution in [1.29, 1.82) is 0 Å². The van der Waals surface area contributed by atoms with E-state index in [-0.39, 0.29) is 0 Å². The highest BCUT2D eigenvalue weighted by atomic mass is 16.5. The first kappa shape index (κ1) is 15.2. The molecule has 2 rings (SSSR count). The van der Waals surface area contributed by atoms with Crippen LogP contribution in [0.5, 0.6) is 0 Å². The predicted octanol–water partition coefficient (Wildman–Crippen LogP) is 1.50. The van der Waals surface area contributed by atoms with Crippen molar-refractivity contribution in [2.24, 2.45) is 5.92 Å². The van der Waals surface area contributed by atoms with Crippen LogP contribution in [0.2, 0.25) is 0 Å². The van der Waals surface area contributed by atoms with Gasteiger partial charge in [0.25, 0.3) is 0 Å². The SMILES string of the molecule is C[C@@H]1CCCC[C@@H]1OCCNC[C@H]1CN(C)CCO1. The van der Waals surface area contributed by atoms with Crippen molar-refractivity contribution in [3.63, 3.8) is 0 Å². The van der Waals surface area contributed by atoms with Gasteiger partial charge in [-0.15, -0.1) is 0 Å². The number of hydrogen-bond acceptors (Lipinski definition) is 4. The molecule has 0 unspecified atom stereocenters. The molecule has 112 valence electrons. The molecule has 2 fully saturated rings. The normalized spacial score (nSPS) is 33.5. The maximum atomic E-state index is 5.99. The van der Waals surface area contributed by atoms with Crippen molar-refractivity contribution in [2.45, 2.75) is 44.8 Å². The van der Waals surface area contributed by atoms with Crippen molar-refractivity contribution < 1.29 is 9.47 Å². The molecule has 1 aliphatic heterocycles. The van der Waals surface area contributed by atoms with Gasteiger partial charge in [0.15, 0.2) is 0 Å². The standard InChI is InChI=1S/C15H30N2O2/c1-13-5-3-4-6-15(13)19-9-7-16-11-14-12-17(2)8-10-18-14/h13-16H,3-12H2,1-2H3/t13-,14+,15+/m1/s1. The Hall–Kier alpha value is -0.160. The molecular formula is C15H30N2O2. The zero-order valence-corrected chi connectivity index (χ0v) is 12.6. The highest BCUT2D eigenvalue weighted by Gasteiger charge is 2.21. The van der Waals surface area contributed by atoms with Crippen LogP contribution in [0.3, 0.4) is 0 Å². The number of morpholine rings is 1. The molecular weight excluding hydrogens is 240 g/mol. The summed E-state index contributed by atoms with van der Waals surface area (Å²) in [6.07, 6.45) is 6.13. The largest absolute Gasteiger partial charge is 0.377 e. The lowest BCUT2D eigenvalue weighted by atomic mass is 9.88. The second-order valence-corrected chi connectivity index (χ2v) is 6.13. The van der Waals surface area contributed by atoms with Gasteiger partial charge in [0.1, 0.15) is 0 Å². The van der Waals surface area contributed by atoms with Gasteiger partial charge in [0, 0.05) is 26.2 Å². The molecule has 1 saturated carbocycles. The van der Waals surface area contributed by atoms with Crippen LogP contribution in [0.4, 0.5) is 0 Å². The minimum atomic E-state index is 0.340. The smallest absolute Gasteiger partial charge is 0.0826 e. The molecule has 1 saturated heterocycles. The van der Waals surface area contributed by atoms with E-state index in [1.54, 1.807) is 0 Å². The number of hydrogen-bond donors (Lipinski definition) is 1. The molecule has 0 spiro atoms. The Bertz CT molecular complexity index is 250. The molecule has 0 bridgehead atoms. The summed E-state index contributed by atoms with van der Waals surface area (Å²) in [5.41, 5.74) is 0. The third-order valence-electron chi connectivity index (χ3n) is 4.36. The summed E-state index contributed by atoms with van der Waals surface area (Å²) in [4.78, 5) is 2.33. The second-order valence-electron chi connectivity index (χ2n) is 6.13. The first-order chi connectivity index (χ1) is 9.25. The van der Waals surface area contributed by atoms with Crippen LogP contribution in [0.25, 0.3) is 0 Å². The molecule has 4 heteroatoms. The predicted molar refractivity (Wildman–Crippen MR) is 77.5 cm³/mol. The summed E-state index contributed by atoms with van der Waals surface area (Å²) in [5, 5.41) is 3.45. The van der Waals surface area contributed by atoms with E-state index in [4.69, 9.17) is 9.47 Å². The van der Waals surface area contributed by atoms with Gasteiger partial charge in [-0.3, -0.25) is 0 Å². The lowest BCUT2D eigenvalue weighted by Gasteiger charge is -2.30. The fourth-order valence-electron chi connectivity index (χ4n) is 3.07.